The standard InChI is InChI=1S/C18H22N2O2S/c21-23(22)13-17(19-11-15-7-3-1-4-8-15)18(14-23)20-12-16-9-5-2-6-10-16/h1-10,17-20H,11-14H2/t17-,18-/m0/s1. The van der Waals surface area contributed by atoms with Gasteiger partial charge in [0.25, 0.3) is 0 Å². The Morgan fingerprint density at radius 1 is 0.739 bits per heavy atom. The van der Waals surface area contributed by atoms with Crippen molar-refractivity contribution in [3.63, 3.8) is 0 Å². The van der Waals surface area contributed by atoms with E-state index < -0.39 is 9.84 Å². The van der Waals surface area contributed by atoms with Crippen molar-refractivity contribution in [3.05, 3.63) is 71.8 Å². The lowest BCUT2D eigenvalue weighted by Gasteiger charge is -2.21. The van der Waals surface area contributed by atoms with Crippen LogP contribution in [0, 0.1) is 0 Å². The first-order chi connectivity index (χ1) is 11.1. The van der Waals surface area contributed by atoms with E-state index in [0.29, 0.717) is 13.1 Å². The van der Waals surface area contributed by atoms with E-state index in [2.05, 4.69) is 10.6 Å². The van der Waals surface area contributed by atoms with Crippen LogP contribution >= 0.6 is 0 Å². The van der Waals surface area contributed by atoms with Gasteiger partial charge in [0.2, 0.25) is 0 Å². The number of nitrogens with one attached hydrogen (secondary N) is 2. The average Bonchev–Trinajstić information content (AvgIpc) is 2.87. The molecule has 1 aliphatic rings. The average molecular weight is 330 g/mol. The molecule has 1 saturated heterocycles. The molecule has 23 heavy (non-hydrogen) atoms. The molecular formula is C18H22N2O2S. The summed E-state index contributed by atoms with van der Waals surface area (Å²) in [6.45, 7) is 1.37. The second-order valence-corrected chi connectivity index (χ2v) is 8.18. The van der Waals surface area contributed by atoms with E-state index in [9.17, 15) is 8.42 Å². The Kier molecular flexibility index (Phi) is 5.10. The van der Waals surface area contributed by atoms with Gasteiger partial charge in [-0.1, -0.05) is 60.7 Å². The molecule has 2 aromatic rings. The van der Waals surface area contributed by atoms with Crippen LogP contribution in [-0.4, -0.2) is 32.0 Å². The Bertz CT molecular complexity index is 660. The van der Waals surface area contributed by atoms with Crippen LogP contribution in [0.25, 0.3) is 0 Å². The molecule has 0 saturated carbocycles. The summed E-state index contributed by atoms with van der Waals surface area (Å²) in [6, 6.07) is 20.0. The topological polar surface area (TPSA) is 58.2 Å². The smallest absolute Gasteiger partial charge is 0.153 e. The second kappa shape index (κ2) is 7.25. The van der Waals surface area contributed by atoms with Gasteiger partial charge in [-0.15, -0.1) is 0 Å². The molecule has 1 heterocycles. The molecule has 0 spiro atoms. The van der Waals surface area contributed by atoms with Crippen LogP contribution in [0.1, 0.15) is 11.1 Å². The summed E-state index contributed by atoms with van der Waals surface area (Å²) in [6.07, 6.45) is 0. The SMILES string of the molecule is O=S1(=O)C[C@H](NCc2ccccc2)[C@@H](NCc2ccccc2)C1. The molecular weight excluding hydrogens is 308 g/mol. The van der Waals surface area contributed by atoms with Gasteiger partial charge >= 0.3 is 0 Å². The molecule has 0 unspecified atom stereocenters. The number of rotatable bonds is 6. The van der Waals surface area contributed by atoms with Crippen LogP contribution in [0.5, 0.6) is 0 Å². The van der Waals surface area contributed by atoms with E-state index >= 15 is 0 Å². The number of hydrogen-bond acceptors (Lipinski definition) is 4. The predicted octanol–water partition coefficient (Wildman–Crippen LogP) is 1.73. The van der Waals surface area contributed by atoms with Crippen molar-refractivity contribution < 1.29 is 8.42 Å². The summed E-state index contributed by atoms with van der Waals surface area (Å²) < 4.78 is 24.0. The molecule has 0 aliphatic carbocycles. The quantitative estimate of drug-likeness (QED) is 0.847. The van der Waals surface area contributed by atoms with Crippen LogP contribution in [0.2, 0.25) is 0 Å². The largest absolute Gasteiger partial charge is 0.307 e. The van der Waals surface area contributed by atoms with E-state index in [0.717, 1.165) is 0 Å². The monoisotopic (exact) mass is 330 g/mol. The molecule has 1 fully saturated rings. The van der Waals surface area contributed by atoms with Gasteiger partial charge in [0, 0.05) is 25.2 Å². The molecule has 2 atom stereocenters. The summed E-state index contributed by atoms with van der Waals surface area (Å²) in [7, 11) is -2.98. The molecule has 5 heteroatoms. The first-order valence-electron chi connectivity index (χ1n) is 7.87. The highest BCUT2D eigenvalue weighted by Crippen LogP contribution is 2.14. The van der Waals surface area contributed by atoms with Crippen molar-refractivity contribution in [1.82, 2.24) is 10.6 Å². The van der Waals surface area contributed by atoms with E-state index in [1.807, 2.05) is 60.7 Å². The molecule has 2 aromatic carbocycles. The van der Waals surface area contributed by atoms with Gasteiger partial charge in [-0.05, 0) is 11.1 Å². The lowest BCUT2D eigenvalue weighted by Crippen LogP contribution is -2.46. The highest BCUT2D eigenvalue weighted by molar-refractivity contribution is 7.91. The summed E-state index contributed by atoms with van der Waals surface area (Å²) in [4.78, 5) is 0. The van der Waals surface area contributed by atoms with E-state index in [4.69, 9.17) is 0 Å². The lowest BCUT2D eigenvalue weighted by molar-refractivity contribution is 0.430. The molecule has 3 rings (SSSR count). The third-order valence-electron chi connectivity index (χ3n) is 4.18. The highest BCUT2D eigenvalue weighted by atomic mass is 32.2. The summed E-state index contributed by atoms with van der Waals surface area (Å²) in [5.74, 6) is 0.401. The first-order valence-corrected chi connectivity index (χ1v) is 9.69. The van der Waals surface area contributed by atoms with Gasteiger partial charge in [-0.3, -0.25) is 0 Å². The zero-order valence-corrected chi connectivity index (χ0v) is 13.8. The highest BCUT2D eigenvalue weighted by Gasteiger charge is 2.36. The fourth-order valence-corrected chi connectivity index (χ4v) is 4.87. The van der Waals surface area contributed by atoms with Gasteiger partial charge in [-0.2, -0.15) is 0 Å². The lowest BCUT2D eigenvalue weighted by atomic mass is 10.1. The van der Waals surface area contributed by atoms with Crippen LogP contribution in [0.15, 0.2) is 60.7 Å². The maximum atomic E-state index is 12.0. The van der Waals surface area contributed by atoms with E-state index in [-0.39, 0.29) is 23.6 Å². The molecule has 1 aliphatic heterocycles. The fraction of sp³-hybridized carbons (Fsp3) is 0.333. The van der Waals surface area contributed by atoms with E-state index in [1.165, 1.54) is 11.1 Å². The number of hydrogen-bond donors (Lipinski definition) is 2. The Hall–Kier alpha value is -1.69. The molecule has 0 bridgehead atoms. The normalized spacial score (nSPS) is 23.0. The molecule has 122 valence electrons. The van der Waals surface area contributed by atoms with Crippen molar-refractivity contribution in [2.24, 2.45) is 0 Å². The fourth-order valence-electron chi connectivity index (χ4n) is 2.94. The second-order valence-electron chi connectivity index (χ2n) is 6.02. The third kappa shape index (κ3) is 4.64. The van der Waals surface area contributed by atoms with Crippen molar-refractivity contribution in [2.45, 2.75) is 25.2 Å². The predicted molar refractivity (Wildman–Crippen MR) is 92.8 cm³/mol. The number of sulfone groups is 1. The van der Waals surface area contributed by atoms with Gasteiger partial charge in [0.15, 0.2) is 9.84 Å². The van der Waals surface area contributed by atoms with Gasteiger partial charge in [0.05, 0.1) is 11.5 Å². The Morgan fingerprint density at radius 3 is 1.52 bits per heavy atom. The first kappa shape index (κ1) is 16.2. The van der Waals surface area contributed by atoms with Gasteiger partial charge in [0.1, 0.15) is 0 Å². The minimum Gasteiger partial charge on any atom is -0.307 e. The van der Waals surface area contributed by atoms with Crippen LogP contribution in [-0.2, 0) is 22.9 Å². The van der Waals surface area contributed by atoms with Crippen molar-refractivity contribution >= 4 is 9.84 Å². The number of benzene rings is 2. The van der Waals surface area contributed by atoms with Crippen molar-refractivity contribution in [1.29, 1.82) is 0 Å². The minimum atomic E-state index is -2.98. The Balaban J connectivity index is 1.60. The van der Waals surface area contributed by atoms with Crippen LogP contribution < -0.4 is 10.6 Å². The Morgan fingerprint density at radius 2 is 1.13 bits per heavy atom. The summed E-state index contributed by atoms with van der Waals surface area (Å²) in [5, 5.41) is 6.80. The van der Waals surface area contributed by atoms with Gasteiger partial charge in [-0.25, -0.2) is 8.42 Å². The third-order valence-corrected chi connectivity index (χ3v) is 5.91. The van der Waals surface area contributed by atoms with E-state index in [1.54, 1.807) is 0 Å². The maximum Gasteiger partial charge on any atom is 0.153 e. The summed E-state index contributed by atoms with van der Waals surface area (Å²) in [5.41, 5.74) is 2.33. The summed E-state index contributed by atoms with van der Waals surface area (Å²) >= 11 is 0. The zero-order chi connectivity index (χ0) is 16.1. The molecule has 0 amide bonds. The van der Waals surface area contributed by atoms with Crippen LogP contribution in [0.3, 0.4) is 0 Å². The van der Waals surface area contributed by atoms with Crippen molar-refractivity contribution in [2.75, 3.05) is 11.5 Å². The minimum absolute atomic E-state index is 0.0519. The molecule has 0 radical (unpaired) electrons. The molecule has 4 nitrogen and oxygen atoms in total. The zero-order valence-electron chi connectivity index (χ0n) is 13.0. The van der Waals surface area contributed by atoms with Crippen LogP contribution in [0.4, 0.5) is 0 Å². The van der Waals surface area contributed by atoms with Gasteiger partial charge < -0.3 is 10.6 Å². The Labute approximate surface area is 137 Å². The molecule has 2 N–H and O–H groups in total. The molecule has 0 aromatic heterocycles. The van der Waals surface area contributed by atoms with Crippen molar-refractivity contribution in [3.8, 4) is 0 Å². The maximum absolute atomic E-state index is 12.0.